The minimum atomic E-state index is 0.698. The van der Waals surface area contributed by atoms with Crippen LogP contribution in [0.4, 0.5) is 0 Å². The Hall–Kier alpha value is -0.323. The first kappa shape index (κ1) is 13.7. The van der Waals surface area contributed by atoms with Crippen LogP contribution in [0.1, 0.15) is 13.8 Å². The van der Waals surface area contributed by atoms with Gasteiger partial charge in [0.05, 0.1) is 13.2 Å². The van der Waals surface area contributed by atoms with Crippen LogP contribution < -0.4 is 0 Å². The molecule has 0 atom stereocenters. The highest BCUT2D eigenvalue weighted by molar-refractivity contribution is 6.22. The maximum Gasteiger partial charge on any atom is 0.0856 e. The Balaban J connectivity index is 4.61. The van der Waals surface area contributed by atoms with Crippen molar-refractivity contribution in [2.45, 2.75) is 13.8 Å². The molecule has 4 heteroatoms. The molecule has 0 aliphatic carbocycles. The smallest absolute Gasteiger partial charge is 0.0856 e. The fourth-order valence-corrected chi connectivity index (χ4v) is 2.28. The average molecular weight is 217 g/mol. The number of likely N-dealkylation sites (N-methyl/N-ethyl adjacent to an activating group) is 1. The van der Waals surface area contributed by atoms with Crippen LogP contribution >= 0.6 is 0 Å². The lowest BCUT2D eigenvalue weighted by Crippen LogP contribution is -2.27. The maximum atomic E-state index is 5.22. The van der Waals surface area contributed by atoms with Gasteiger partial charge in [0.1, 0.15) is 0 Å². The molecule has 0 aliphatic heterocycles. The molecule has 0 bridgehead atoms. The highest BCUT2D eigenvalue weighted by Crippen LogP contribution is 2.08. The fraction of sp³-hybridized carbons (Fsp3) is 0.800. The van der Waals surface area contributed by atoms with Crippen molar-refractivity contribution in [1.29, 1.82) is 0 Å². The SMILES string of the molecule is CCN(CC)C(COC)=C([SiH3])COC. The highest BCUT2D eigenvalue weighted by atomic mass is 28.1. The Morgan fingerprint density at radius 3 is 1.93 bits per heavy atom. The fourth-order valence-electron chi connectivity index (χ4n) is 1.53. The van der Waals surface area contributed by atoms with E-state index in [0.717, 1.165) is 29.9 Å². The van der Waals surface area contributed by atoms with Gasteiger partial charge in [0.15, 0.2) is 0 Å². The number of hydrogen-bond acceptors (Lipinski definition) is 3. The summed E-state index contributed by atoms with van der Waals surface area (Å²) < 4.78 is 10.4. The summed E-state index contributed by atoms with van der Waals surface area (Å²) in [6.45, 7) is 7.84. The van der Waals surface area contributed by atoms with Gasteiger partial charge in [-0.05, 0) is 19.0 Å². The summed E-state index contributed by atoms with van der Waals surface area (Å²) in [5.74, 6) is 0. The third-order valence-electron chi connectivity index (χ3n) is 2.28. The monoisotopic (exact) mass is 217 g/mol. The molecular weight excluding hydrogens is 194 g/mol. The van der Waals surface area contributed by atoms with Gasteiger partial charge in [0.2, 0.25) is 0 Å². The Labute approximate surface area is 90.5 Å². The molecule has 0 unspecified atom stereocenters. The molecule has 0 saturated heterocycles. The average Bonchev–Trinajstić information content (AvgIpc) is 2.18. The maximum absolute atomic E-state index is 5.22. The van der Waals surface area contributed by atoms with Crippen LogP contribution in [-0.4, -0.2) is 55.7 Å². The van der Waals surface area contributed by atoms with E-state index in [9.17, 15) is 0 Å². The van der Waals surface area contributed by atoms with Gasteiger partial charge in [0.25, 0.3) is 0 Å². The van der Waals surface area contributed by atoms with E-state index in [4.69, 9.17) is 9.47 Å². The Morgan fingerprint density at radius 2 is 1.57 bits per heavy atom. The number of hydrogen-bond donors (Lipinski definition) is 0. The summed E-state index contributed by atoms with van der Waals surface area (Å²) in [5, 5.41) is 1.39. The number of methoxy groups -OCH3 is 2. The predicted octanol–water partition coefficient (Wildman–Crippen LogP) is 0.198. The van der Waals surface area contributed by atoms with Gasteiger partial charge in [-0.2, -0.15) is 0 Å². The van der Waals surface area contributed by atoms with Crippen molar-refractivity contribution in [3.63, 3.8) is 0 Å². The van der Waals surface area contributed by atoms with Crippen molar-refractivity contribution in [3.8, 4) is 0 Å². The van der Waals surface area contributed by atoms with Crippen molar-refractivity contribution in [2.75, 3.05) is 40.5 Å². The zero-order chi connectivity index (χ0) is 11.0. The van der Waals surface area contributed by atoms with Crippen molar-refractivity contribution in [1.82, 2.24) is 4.90 Å². The van der Waals surface area contributed by atoms with Gasteiger partial charge < -0.3 is 14.4 Å². The molecule has 84 valence electrons. The van der Waals surface area contributed by atoms with Crippen LogP contribution in [-0.2, 0) is 9.47 Å². The molecule has 0 aliphatic rings. The summed E-state index contributed by atoms with van der Waals surface area (Å²) in [6, 6.07) is 0. The number of ether oxygens (including phenoxy) is 2. The highest BCUT2D eigenvalue weighted by Gasteiger charge is 2.08. The van der Waals surface area contributed by atoms with E-state index in [-0.39, 0.29) is 0 Å². The lowest BCUT2D eigenvalue weighted by atomic mass is 10.3. The molecule has 0 aromatic carbocycles. The van der Waals surface area contributed by atoms with Crippen molar-refractivity contribution in [3.05, 3.63) is 10.9 Å². The van der Waals surface area contributed by atoms with E-state index >= 15 is 0 Å². The molecule has 0 saturated carbocycles. The molecule has 0 aromatic heterocycles. The summed E-state index contributed by atoms with van der Waals surface area (Å²) in [6.07, 6.45) is 0. The van der Waals surface area contributed by atoms with E-state index in [1.165, 1.54) is 10.9 Å². The minimum absolute atomic E-state index is 0.698. The molecule has 14 heavy (non-hydrogen) atoms. The van der Waals surface area contributed by atoms with Gasteiger partial charge in [0, 0.05) is 43.2 Å². The molecule has 3 nitrogen and oxygen atoms in total. The van der Waals surface area contributed by atoms with Crippen molar-refractivity contribution >= 4 is 10.2 Å². The molecule has 0 spiro atoms. The van der Waals surface area contributed by atoms with Crippen molar-refractivity contribution in [2.24, 2.45) is 0 Å². The van der Waals surface area contributed by atoms with Crippen LogP contribution in [0.5, 0.6) is 0 Å². The normalized spacial score (nSPS) is 12.9. The number of rotatable bonds is 7. The zero-order valence-corrected chi connectivity index (χ0v) is 12.1. The lowest BCUT2D eigenvalue weighted by Gasteiger charge is -2.26. The number of nitrogens with zero attached hydrogens (tertiary/aromatic N) is 1. The standard InChI is InChI=1S/C10H23NO2Si/c1-5-11(6-2)9(7-12-3)10(14)8-13-4/h5-8H2,1-4,14H3. The van der Waals surface area contributed by atoms with Gasteiger partial charge in [-0.25, -0.2) is 0 Å². The topological polar surface area (TPSA) is 21.7 Å². The van der Waals surface area contributed by atoms with Gasteiger partial charge in [-0.15, -0.1) is 0 Å². The molecule has 0 radical (unpaired) electrons. The Kier molecular flexibility index (Phi) is 7.84. The van der Waals surface area contributed by atoms with Crippen LogP contribution in [0, 0.1) is 0 Å². The Morgan fingerprint density at radius 1 is 1.07 bits per heavy atom. The molecule has 0 amide bonds. The van der Waals surface area contributed by atoms with Gasteiger partial charge in [-0.1, -0.05) is 0 Å². The third kappa shape index (κ3) is 4.26. The zero-order valence-electron chi connectivity index (χ0n) is 10.1. The quantitative estimate of drug-likeness (QED) is 0.569. The van der Waals surface area contributed by atoms with Crippen LogP contribution in [0.15, 0.2) is 10.9 Å². The van der Waals surface area contributed by atoms with E-state index in [1.807, 2.05) is 0 Å². The minimum Gasteiger partial charge on any atom is -0.381 e. The van der Waals surface area contributed by atoms with Crippen molar-refractivity contribution < 1.29 is 9.47 Å². The Bertz CT molecular complexity index is 179. The molecule has 0 aromatic rings. The summed E-state index contributed by atoms with van der Waals surface area (Å²) in [4.78, 5) is 2.34. The van der Waals surface area contributed by atoms with Gasteiger partial charge >= 0.3 is 0 Å². The van der Waals surface area contributed by atoms with E-state index in [2.05, 4.69) is 18.7 Å². The molecule has 0 rings (SSSR count). The van der Waals surface area contributed by atoms with Crippen LogP contribution in [0.3, 0.4) is 0 Å². The molecule has 0 fully saturated rings. The first-order valence-electron chi connectivity index (χ1n) is 5.12. The van der Waals surface area contributed by atoms with Gasteiger partial charge in [-0.3, -0.25) is 0 Å². The summed E-state index contributed by atoms with van der Waals surface area (Å²) >= 11 is 0. The lowest BCUT2D eigenvalue weighted by molar-refractivity contribution is 0.184. The second-order valence-electron chi connectivity index (χ2n) is 3.27. The third-order valence-corrected chi connectivity index (χ3v) is 3.15. The van der Waals surface area contributed by atoms with E-state index in [0.29, 0.717) is 6.61 Å². The van der Waals surface area contributed by atoms with E-state index in [1.54, 1.807) is 14.2 Å². The summed E-state index contributed by atoms with van der Waals surface area (Å²) in [7, 11) is 4.52. The van der Waals surface area contributed by atoms with E-state index < -0.39 is 0 Å². The first-order valence-corrected chi connectivity index (χ1v) is 6.12. The van der Waals surface area contributed by atoms with Crippen LogP contribution in [0.25, 0.3) is 0 Å². The second kappa shape index (κ2) is 8.02. The molecule has 0 heterocycles. The molecular formula is C10H23NO2Si. The van der Waals surface area contributed by atoms with Crippen LogP contribution in [0.2, 0.25) is 0 Å². The first-order chi connectivity index (χ1) is 6.71. The molecule has 0 N–H and O–H groups in total. The summed E-state index contributed by atoms with van der Waals surface area (Å²) in [5.41, 5.74) is 1.31. The predicted molar refractivity (Wildman–Crippen MR) is 63.6 cm³/mol. The largest absolute Gasteiger partial charge is 0.381 e. The second-order valence-corrected chi connectivity index (χ2v) is 4.47.